The fourth-order valence-electron chi connectivity index (χ4n) is 1.22. The topological polar surface area (TPSA) is 57.2 Å². The van der Waals surface area contributed by atoms with Crippen LogP contribution in [0.1, 0.15) is 4.88 Å². The second-order valence-corrected chi connectivity index (χ2v) is 9.51. The van der Waals surface area contributed by atoms with Crippen LogP contribution >= 0.6 is 23.1 Å². The molecule has 1 fully saturated rings. The molecule has 1 aromatic rings. The molecule has 21 heavy (non-hydrogen) atoms. The Labute approximate surface area is 132 Å². The highest BCUT2D eigenvalue weighted by Crippen LogP contribution is 2.20. The number of thiophene rings is 1. The van der Waals surface area contributed by atoms with Crippen LogP contribution in [0.5, 0.6) is 0 Å². The molecule has 0 bridgehead atoms. The monoisotopic (exact) mass is 378 g/mol. The molecule has 1 aromatic heterocycles. The highest BCUT2D eigenvalue weighted by atomic mass is 32.2. The maximum absolute atomic E-state index is 10.7. The molecule has 0 atom stereocenters. The molecule has 2 heterocycles. The average molecular weight is 378 g/mol. The lowest BCUT2D eigenvalue weighted by molar-refractivity contribution is -0.0517. The van der Waals surface area contributed by atoms with Gasteiger partial charge < -0.3 is 4.55 Å². The molecule has 0 unspecified atom stereocenters. The van der Waals surface area contributed by atoms with E-state index in [0.717, 1.165) is 0 Å². The van der Waals surface area contributed by atoms with Gasteiger partial charge in [-0.25, -0.2) is 8.42 Å². The van der Waals surface area contributed by atoms with E-state index in [1.165, 1.54) is 27.9 Å². The normalized spacial score (nSPS) is 17.5. The van der Waals surface area contributed by atoms with Crippen molar-refractivity contribution in [2.45, 2.75) is 5.51 Å². The number of hydrogen-bond acceptors (Lipinski definition) is 5. The van der Waals surface area contributed by atoms with Crippen LogP contribution < -0.4 is 0 Å². The van der Waals surface area contributed by atoms with Crippen molar-refractivity contribution in [1.29, 1.82) is 0 Å². The third-order valence-corrected chi connectivity index (χ3v) is 7.12. The van der Waals surface area contributed by atoms with Gasteiger partial charge in [-0.2, -0.15) is 24.9 Å². The van der Waals surface area contributed by atoms with Crippen molar-refractivity contribution in [3.8, 4) is 0 Å². The summed E-state index contributed by atoms with van der Waals surface area (Å²) in [6.45, 7) is 0. The fourth-order valence-corrected chi connectivity index (χ4v) is 5.60. The van der Waals surface area contributed by atoms with E-state index in [0.29, 0.717) is 10.9 Å². The molecule has 1 saturated heterocycles. The molecule has 120 valence electrons. The lowest BCUT2D eigenvalue weighted by atomic mass is 10.5. The molecule has 0 saturated carbocycles. The number of thioether (sulfide) groups is 1. The summed E-state index contributed by atoms with van der Waals surface area (Å²) in [6.07, 6.45) is 2.30. The van der Waals surface area contributed by atoms with Crippen molar-refractivity contribution in [1.82, 2.24) is 0 Å². The minimum absolute atomic E-state index is 0.576. The van der Waals surface area contributed by atoms with Gasteiger partial charge in [0.25, 0.3) is 0 Å². The second kappa shape index (κ2) is 8.47. The van der Waals surface area contributed by atoms with Crippen LogP contribution in [0.3, 0.4) is 0 Å². The van der Waals surface area contributed by atoms with Gasteiger partial charge in [-0.05, 0) is 11.4 Å². The van der Waals surface area contributed by atoms with Gasteiger partial charge in [0.15, 0.2) is 10.1 Å². The predicted molar refractivity (Wildman–Crippen MR) is 83.5 cm³/mol. The molecule has 1 aliphatic heterocycles. The molecule has 0 amide bonds. The largest absolute Gasteiger partial charge is 0.741 e. The van der Waals surface area contributed by atoms with E-state index in [-0.39, 0.29) is 0 Å². The van der Waals surface area contributed by atoms with Crippen LogP contribution in [0.25, 0.3) is 6.08 Å². The van der Waals surface area contributed by atoms with Crippen LogP contribution in [0.4, 0.5) is 13.2 Å². The van der Waals surface area contributed by atoms with E-state index in [9.17, 15) is 13.2 Å². The summed E-state index contributed by atoms with van der Waals surface area (Å²) in [5.74, 6) is 5.51. The first-order valence-corrected chi connectivity index (χ1v) is 10.7. The zero-order valence-electron chi connectivity index (χ0n) is 10.7. The first-order valence-electron chi connectivity index (χ1n) is 5.68. The van der Waals surface area contributed by atoms with Crippen molar-refractivity contribution in [3.05, 3.63) is 27.8 Å². The van der Waals surface area contributed by atoms with Gasteiger partial charge in [-0.1, -0.05) is 6.07 Å². The van der Waals surface area contributed by atoms with E-state index >= 15 is 0 Å². The standard InChI is InChI=1S/C10H13S3.CHF3O3S/c1-2-10(12-4-1)3-7-13-8-5-11-6-9-13;2-1(3,4)8(5,6)7/h1-4,7H,5-6,8-9H2;(H,5,6,7)/q+1;/p-1/b7-3+;. The summed E-state index contributed by atoms with van der Waals surface area (Å²) in [6, 6.07) is 4.30. The van der Waals surface area contributed by atoms with E-state index < -0.39 is 15.6 Å². The first-order chi connectivity index (χ1) is 9.70. The Morgan fingerprint density at radius 2 is 1.86 bits per heavy atom. The molecule has 0 spiro atoms. The second-order valence-electron chi connectivity index (χ2n) is 3.78. The van der Waals surface area contributed by atoms with Crippen molar-refractivity contribution in [2.24, 2.45) is 0 Å². The predicted octanol–water partition coefficient (Wildman–Crippen LogP) is 3.14. The van der Waals surface area contributed by atoms with Gasteiger partial charge in [-0.3, -0.25) is 0 Å². The molecule has 0 aromatic carbocycles. The van der Waals surface area contributed by atoms with Gasteiger partial charge >= 0.3 is 5.51 Å². The highest BCUT2D eigenvalue weighted by molar-refractivity contribution is 8.06. The fraction of sp³-hybridized carbons (Fsp3) is 0.455. The molecule has 0 N–H and O–H groups in total. The van der Waals surface area contributed by atoms with E-state index in [2.05, 4.69) is 40.8 Å². The van der Waals surface area contributed by atoms with Crippen LogP contribution in [-0.2, 0) is 21.0 Å². The molecule has 0 aliphatic carbocycles. The zero-order chi connectivity index (χ0) is 15.9. The van der Waals surface area contributed by atoms with Gasteiger partial charge in [0.2, 0.25) is 0 Å². The number of rotatable bonds is 2. The summed E-state index contributed by atoms with van der Waals surface area (Å²) >= 11 is 3.92. The first kappa shape index (κ1) is 18.9. The van der Waals surface area contributed by atoms with E-state index in [1.807, 2.05) is 11.3 Å². The SMILES string of the molecule is C(=C\[S+]1CCSCC1)/c1cccs1.O=S(=O)([O-])C(F)(F)F. The maximum atomic E-state index is 10.7. The zero-order valence-corrected chi connectivity index (χ0v) is 14.0. The Morgan fingerprint density at radius 1 is 1.29 bits per heavy atom. The Kier molecular flexibility index (Phi) is 7.62. The Bertz CT molecular complexity index is 532. The molecular weight excluding hydrogens is 365 g/mol. The van der Waals surface area contributed by atoms with Crippen molar-refractivity contribution >= 4 is 50.2 Å². The molecular formula is C11H13F3O3S4. The minimum Gasteiger partial charge on any atom is -0.741 e. The quantitative estimate of drug-likeness (QED) is 0.451. The van der Waals surface area contributed by atoms with Gasteiger partial charge in [-0.15, -0.1) is 11.3 Å². The van der Waals surface area contributed by atoms with E-state index in [1.54, 1.807) is 0 Å². The maximum Gasteiger partial charge on any atom is 0.485 e. The Balaban J connectivity index is 0.000000240. The van der Waals surface area contributed by atoms with E-state index in [4.69, 9.17) is 13.0 Å². The van der Waals surface area contributed by atoms with Crippen LogP contribution in [0.2, 0.25) is 0 Å². The Morgan fingerprint density at radius 3 is 2.29 bits per heavy atom. The summed E-state index contributed by atoms with van der Waals surface area (Å²) in [5.41, 5.74) is -5.65. The van der Waals surface area contributed by atoms with Gasteiger partial charge in [0, 0.05) is 33.4 Å². The summed E-state index contributed by atoms with van der Waals surface area (Å²) in [4.78, 5) is 1.39. The minimum atomic E-state index is -6.09. The third-order valence-electron chi connectivity index (χ3n) is 2.23. The Hall–Kier alpha value is -0.160. The molecule has 3 nitrogen and oxygen atoms in total. The lowest BCUT2D eigenvalue weighted by Crippen LogP contribution is -2.21. The molecule has 10 heteroatoms. The number of alkyl halides is 3. The molecule has 1 aliphatic rings. The molecule has 2 rings (SSSR count). The third kappa shape index (κ3) is 7.59. The van der Waals surface area contributed by atoms with Gasteiger partial charge in [0.1, 0.15) is 16.9 Å². The number of hydrogen-bond donors (Lipinski definition) is 0. The van der Waals surface area contributed by atoms with Crippen molar-refractivity contribution in [3.63, 3.8) is 0 Å². The smallest absolute Gasteiger partial charge is 0.485 e. The van der Waals surface area contributed by atoms with Crippen LogP contribution in [0, 0.1) is 0 Å². The van der Waals surface area contributed by atoms with Crippen LogP contribution in [0.15, 0.2) is 22.9 Å². The van der Waals surface area contributed by atoms with Crippen molar-refractivity contribution < 1.29 is 26.1 Å². The summed E-state index contributed by atoms with van der Waals surface area (Å²) < 4.78 is 58.9. The summed E-state index contributed by atoms with van der Waals surface area (Å²) in [5, 5.41) is 4.56. The molecule has 0 radical (unpaired) electrons. The highest BCUT2D eigenvalue weighted by Gasteiger charge is 2.36. The van der Waals surface area contributed by atoms with Gasteiger partial charge in [0.05, 0.1) is 0 Å². The average Bonchev–Trinajstić information content (AvgIpc) is 2.89. The van der Waals surface area contributed by atoms with Crippen LogP contribution in [-0.4, -0.2) is 41.5 Å². The summed E-state index contributed by atoms with van der Waals surface area (Å²) in [7, 11) is -5.51. The number of halogens is 3. The van der Waals surface area contributed by atoms with Crippen molar-refractivity contribution in [2.75, 3.05) is 23.0 Å². The lowest BCUT2D eigenvalue weighted by Gasteiger charge is -2.08.